The molecule has 15 heavy (non-hydrogen) atoms. The maximum atomic E-state index is 5.71. The summed E-state index contributed by atoms with van der Waals surface area (Å²) in [6, 6.07) is 0.674. The van der Waals surface area contributed by atoms with Crippen LogP contribution in [0.5, 0.6) is 0 Å². The molecule has 0 aromatic heterocycles. The van der Waals surface area contributed by atoms with E-state index in [1.54, 1.807) is 0 Å². The first kappa shape index (κ1) is 12.9. The molecule has 0 bridgehead atoms. The molecule has 0 aromatic carbocycles. The number of rotatable bonds is 8. The second kappa shape index (κ2) is 7.20. The zero-order valence-corrected chi connectivity index (χ0v) is 10.2. The van der Waals surface area contributed by atoms with Crippen molar-refractivity contribution in [3.63, 3.8) is 0 Å². The van der Waals surface area contributed by atoms with Crippen molar-refractivity contribution in [3.8, 4) is 0 Å². The van der Waals surface area contributed by atoms with E-state index in [1.807, 2.05) is 0 Å². The van der Waals surface area contributed by atoms with Gasteiger partial charge in [0.05, 0.1) is 6.10 Å². The summed E-state index contributed by atoms with van der Waals surface area (Å²) in [7, 11) is 0. The summed E-state index contributed by atoms with van der Waals surface area (Å²) in [5.74, 6) is 0.654. The zero-order valence-electron chi connectivity index (χ0n) is 10.2. The first-order valence-corrected chi connectivity index (χ1v) is 6.35. The number of hydrogen-bond acceptors (Lipinski definition) is 3. The summed E-state index contributed by atoms with van der Waals surface area (Å²) in [6.45, 7) is 7.01. The zero-order chi connectivity index (χ0) is 11.1. The fourth-order valence-corrected chi connectivity index (χ4v) is 2.15. The minimum Gasteiger partial charge on any atom is -0.378 e. The van der Waals surface area contributed by atoms with E-state index in [-0.39, 0.29) is 0 Å². The predicted molar refractivity (Wildman–Crippen MR) is 63.9 cm³/mol. The molecular weight excluding hydrogens is 188 g/mol. The van der Waals surface area contributed by atoms with Crippen molar-refractivity contribution in [1.29, 1.82) is 0 Å². The molecule has 0 saturated heterocycles. The van der Waals surface area contributed by atoms with Gasteiger partial charge in [-0.05, 0) is 45.2 Å². The van der Waals surface area contributed by atoms with Crippen molar-refractivity contribution in [2.75, 3.05) is 19.7 Å². The van der Waals surface area contributed by atoms with E-state index >= 15 is 0 Å². The standard InChI is InChI=1S/C12H26N2O/c1-3-5-10(8-13)9-14-11-6-12(7-11)15-4-2/h10-12,14H,3-9,13H2,1-2H3. The number of hydrogen-bond donors (Lipinski definition) is 2. The van der Waals surface area contributed by atoms with E-state index in [1.165, 1.54) is 25.7 Å². The minimum absolute atomic E-state index is 0.509. The highest BCUT2D eigenvalue weighted by Gasteiger charge is 2.29. The lowest BCUT2D eigenvalue weighted by Crippen LogP contribution is -2.47. The first-order valence-electron chi connectivity index (χ1n) is 6.35. The van der Waals surface area contributed by atoms with Gasteiger partial charge in [0.2, 0.25) is 0 Å². The summed E-state index contributed by atoms with van der Waals surface area (Å²) in [6.07, 6.45) is 5.34. The quantitative estimate of drug-likeness (QED) is 0.644. The molecule has 1 aliphatic rings. The Morgan fingerprint density at radius 2 is 2.13 bits per heavy atom. The molecule has 3 heteroatoms. The monoisotopic (exact) mass is 214 g/mol. The summed E-state index contributed by atoms with van der Waals surface area (Å²) in [5.41, 5.74) is 5.71. The molecule has 3 N–H and O–H groups in total. The van der Waals surface area contributed by atoms with Crippen LogP contribution in [0.25, 0.3) is 0 Å². The van der Waals surface area contributed by atoms with Crippen LogP contribution in [0.15, 0.2) is 0 Å². The second-order valence-electron chi connectivity index (χ2n) is 4.54. The van der Waals surface area contributed by atoms with Crippen LogP contribution in [-0.4, -0.2) is 31.8 Å². The van der Waals surface area contributed by atoms with Crippen molar-refractivity contribution in [2.45, 2.75) is 51.7 Å². The van der Waals surface area contributed by atoms with Gasteiger partial charge in [-0.15, -0.1) is 0 Å². The maximum Gasteiger partial charge on any atom is 0.0604 e. The summed E-state index contributed by atoms with van der Waals surface area (Å²) in [4.78, 5) is 0. The van der Waals surface area contributed by atoms with Crippen LogP contribution in [0.3, 0.4) is 0 Å². The number of nitrogens with one attached hydrogen (secondary N) is 1. The molecule has 1 fully saturated rings. The fraction of sp³-hybridized carbons (Fsp3) is 1.00. The molecule has 3 nitrogen and oxygen atoms in total. The molecule has 1 saturated carbocycles. The van der Waals surface area contributed by atoms with Crippen LogP contribution in [-0.2, 0) is 4.74 Å². The number of nitrogens with two attached hydrogens (primary N) is 1. The molecule has 1 rings (SSSR count). The Morgan fingerprint density at radius 3 is 2.67 bits per heavy atom. The van der Waals surface area contributed by atoms with Crippen LogP contribution < -0.4 is 11.1 Å². The van der Waals surface area contributed by atoms with E-state index in [0.717, 1.165) is 19.7 Å². The Bertz CT molecular complexity index is 158. The van der Waals surface area contributed by atoms with Gasteiger partial charge in [0.25, 0.3) is 0 Å². The Morgan fingerprint density at radius 1 is 1.40 bits per heavy atom. The molecule has 1 aliphatic carbocycles. The molecule has 0 amide bonds. The summed E-state index contributed by atoms with van der Waals surface area (Å²) in [5, 5.41) is 3.58. The van der Waals surface area contributed by atoms with Gasteiger partial charge in [0.15, 0.2) is 0 Å². The highest BCUT2D eigenvalue weighted by atomic mass is 16.5. The maximum absolute atomic E-state index is 5.71. The lowest BCUT2D eigenvalue weighted by molar-refractivity contribution is -0.0105. The van der Waals surface area contributed by atoms with Crippen LogP contribution in [0.1, 0.15) is 39.5 Å². The van der Waals surface area contributed by atoms with Gasteiger partial charge < -0.3 is 15.8 Å². The Hall–Kier alpha value is -0.120. The predicted octanol–water partition coefficient (Wildman–Crippen LogP) is 1.52. The van der Waals surface area contributed by atoms with Crippen molar-refractivity contribution in [2.24, 2.45) is 11.7 Å². The van der Waals surface area contributed by atoms with Gasteiger partial charge in [-0.25, -0.2) is 0 Å². The van der Waals surface area contributed by atoms with Crippen LogP contribution in [0, 0.1) is 5.92 Å². The van der Waals surface area contributed by atoms with Gasteiger partial charge >= 0.3 is 0 Å². The molecule has 0 heterocycles. The highest BCUT2D eigenvalue weighted by molar-refractivity contribution is 4.86. The molecule has 0 spiro atoms. The van der Waals surface area contributed by atoms with E-state index < -0.39 is 0 Å². The largest absolute Gasteiger partial charge is 0.378 e. The van der Waals surface area contributed by atoms with Crippen LogP contribution >= 0.6 is 0 Å². The van der Waals surface area contributed by atoms with Gasteiger partial charge in [-0.1, -0.05) is 13.3 Å². The molecule has 0 aromatic rings. The summed E-state index contributed by atoms with van der Waals surface area (Å²) < 4.78 is 5.52. The fourth-order valence-electron chi connectivity index (χ4n) is 2.15. The smallest absolute Gasteiger partial charge is 0.0604 e. The minimum atomic E-state index is 0.509. The average molecular weight is 214 g/mol. The van der Waals surface area contributed by atoms with E-state index in [0.29, 0.717) is 18.1 Å². The normalized spacial score (nSPS) is 27.4. The Labute approximate surface area is 93.8 Å². The van der Waals surface area contributed by atoms with Gasteiger partial charge in [0.1, 0.15) is 0 Å². The van der Waals surface area contributed by atoms with E-state index in [2.05, 4.69) is 19.2 Å². The lowest BCUT2D eigenvalue weighted by Gasteiger charge is -2.36. The third kappa shape index (κ3) is 4.49. The van der Waals surface area contributed by atoms with Crippen molar-refractivity contribution in [3.05, 3.63) is 0 Å². The van der Waals surface area contributed by atoms with E-state index in [9.17, 15) is 0 Å². The molecule has 0 aliphatic heterocycles. The SMILES string of the molecule is CCCC(CN)CNC1CC(OCC)C1. The van der Waals surface area contributed by atoms with Crippen molar-refractivity contribution < 1.29 is 4.74 Å². The van der Waals surface area contributed by atoms with Crippen molar-refractivity contribution in [1.82, 2.24) is 5.32 Å². The third-order valence-corrected chi connectivity index (χ3v) is 3.22. The number of ether oxygens (including phenoxy) is 1. The van der Waals surface area contributed by atoms with Crippen LogP contribution in [0.2, 0.25) is 0 Å². The topological polar surface area (TPSA) is 47.3 Å². The van der Waals surface area contributed by atoms with Crippen molar-refractivity contribution >= 4 is 0 Å². The highest BCUT2D eigenvalue weighted by Crippen LogP contribution is 2.23. The van der Waals surface area contributed by atoms with Gasteiger partial charge in [0, 0.05) is 12.6 Å². The average Bonchev–Trinajstić information content (AvgIpc) is 2.19. The van der Waals surface area contributed by atoms with Crippen LogP contribution in [0.4, 0.5) is 0 Å². The Kier molecular flexibility index (Phi) is 6.22. The molecular formula is C12H26N2O. The first-order chi connectivity index (χ1) is 7.30. The second-order valence-corrected chi connectivity index (χ2v) is 4.54. The van der Waals surface area contributed by atoms with E-state index in [4.69, 9.17) is 10.5 Å². The molecule has 90 valence electrons. The molecule has 1 unspecified atom stereocenters. The third-order valence-electron chi connectivity index (χ3n) is 3.22. The molecule has 1 atom stereocenters. The van der Waals surface area contributed by atoms with Gasteiger partial charge in [-0.3, -0.25) is 0 Å². The lowest BCUT2D eigenvalue weighted by atomic mass is 9.88. The summed E-state index contributed by atoms with van der Waals surface area (Å²) >= 11 is 0. The Balaban J connectivity index is 2.01. The van der Waals surface area contributed by atoms with Gasteiger partial charge in [-0.2, -0.15) is 0 Å². The molecule has 0 radical (unpaired) electrons.